The first-order valence-electron chi connectivity index (χ1n) is 7.66. The number of likely N-dealkylation sites (tertiary alicyclic amines) is 1. The molecule has 1 fully saturated rings. The molecule has 1 N–H and O–H groups in total. The van der Waals surface area contributed by atoms with Gasteiger partial charge in [-0.15, -0.1) is 0 Å². The number of phenolic OH excluding ortho intramolecular Hbond substituents is 1. The van der Waals surface area contributed by atoms with Crippen molar-refractivity contribution in [3.05, 3.63) is 58.3 Å². The molecule has 1 aliphatic heterocycles. The van der Waals surface area contributed by atoms with Crippen molar-refractivity contribution >= 4 is 21.8 Å². The summed E-state index contributed by atoms with van der Waals surface area (Å²) >= 11 is 3.29. The van der Waals surface area contributed by atoms with E-state index in [-0.39, 0.29) is 11.7 Å². The van der Waals surface area contributed by atoms with Crippen molar-refractivity contribution in [2.75, 3.05) is 13.1 Å². The van der Waals surface area contributed by atoms with Crippen LogP contribution in [0.1, 0.15) is 28.9 Å². The molecular weight excluding hydrogens is 370 g/mol. The number of piperidine rings is 1. The van der Waals surface area contributed by atoms with E-state index in [9.17, 15) is 15.2 Å². The first-order chi connectivity index (χ1) is 11.5. The van der Waals surface area contributed by atoms with Gasteiger partial charge in [-0.2, -0.15) is 5.26 Å². The average Bonchev–Trinajstić information content (AvgIpc) is 2.61. The zero-order valence-corrected chi connectivity index (χ0v) is 14.5. The number of carbonyl (C=O) groups is 1. The molecule has 2 heterocycles. The van der Waals surface area contributed by atoms with Crippen LogP contribution in [0.15, 0.2) is 47.1 Å². The van der Waals surface area contributed by atoms with E-state index in [2.05, 4.69) is 27.0 Å². The molecule has 1 amide bonds. The normalized spacial score (nSPS) is 20.4. The number of aromatic hydroxyl groups is 1. The minimum absolute atomic E-state index is 0.0287. The van der Waals surface area contributed by atoms with Gasteiger partial charge in [0, 0.05) is 29.3 Å². The summed E-state index contributed by atoms with van der Waals surface area (Å²) in [6.07, 6.45) is 3.07. The first-order valence-corrected chi connectivity index (χ1v) is 8.45. The van der Waals surface area contributed by atoms with E-state index in [0.717, 1.165) is 6.42 Å². The van der Waals surface area contributed by atoms with Crippen LogP contribution in [-0.4, -0.2) is 34.0 Å². The van der Waals surface area contributed by atoms with Crippen LogP contribution in [0, 0.1) is 11.3 Å². The van der Waals surface area contributed by atoms with Crippen molar-refractivity contribution < 1.29 is 9.90 Å². The van der Waals surface area contributed by atoms with Crippen LogP contribution in [0.2, 0.25) is 0 Å². The van der Waals surface area contributed by atoms with Crippen LogP contribution >= 0.6 is 15.9 Å². The fourth-order valence-electron chi connectivity index (χ4n) is 3.11. The molecule has 5 nitrogen and oxygen atoms in total. The van der Waals surface area contributed by atoms with Gasteiger partial charge in [-0.3, -0.25) is 9.78 Å². The predicted molar refractivity (Wildman–Crippen MR) is 92.5 cm³/mol. The zero-order valence-electron chi connectivity index (χ0n) is 12.9. The molecule has 1 saturated heterocycles. The third kappa shape index (κ3) is 3.13. The molecule has 2 aromatic rings. The quantitative estimate of drug-likeness (QED) is 0.860. The number of pyridine rings is 1. The number of halogens is 1. The highest BCUT2D eigenvalue weighted by Crippen LogP contribution is 2.33. The molecule has 1 aromatic heterocycles. The smallest absolute Gasteiger partial charge is 0.254 e. The van der Waals surface area contributed by atoms with Crippen molar-refractivity contribution in [3.63, 3.8) is 0 Å². The second-order valence-corrected chi connectivity index (χ2v) is 6.85. The summed E-state index contributed by atoms with van der Waals surface area (Å²) in [6.45, 7) is 0.884. The molecule has 0 saturated carbocycles. The van der Waals surface area contributed by atoms with E-state index in [1.54, 1.807) is 17.2 Å². The molecular formula is C18H16BrN3O2. The highest BCUT2D eigenvalue weighted by atomic mass is 79.9. The molecule has 1 atom stereocenters. The summed E-state index contributed by atoms with van der Waals surface area (Å²) in [5.41, 5.74) is 0.308. The lowest BCUT2D eigenvalue weighted by molar-refractivity contribution is 0.0672. The summed E-state index contributed by atoms with van der Waals surface area (Å²) in [5.74, 6) is -0.164. The van der Waals surface area contributed by atoms with Crippen LogP contribution in [-0.2, 0) is 5.41 Å². The van der Waals surface area contributed by atoms with E-state index in [1.165, 1.54) is 12.1 Å². The molecule has 1 aromatic carbocycles. The highest BCUT2D eigenvalue weighted by Gasteiger charge is 2.40. The van der Waals surface area contributed by atoms with Gasteiger partial charge in [0.15, 0.2) is 0 Å². The maximum atomic E-state index is 12.8. The molecule has 0 radical (unpaired) electrons. The van der Waals surface area contributed by atoms with Gasteiger partial charge >= 0.3 is 0 Å². The number of carbonyl (C=O) groups excluding carboxylic acids is 1. The van der Waals surface area contributed by atoms with Gasteiger partial charge in [-0.1, -0.05) is 22.0 Å². The third-order valence-electron chi connectivity index (χ3n) is 4.28. The Morgan fingerprint density at radius 3 is 2.88 bits per heavy atom. The number of rotatable bonds is 2. The second kappa shape index (κ2) is 6.62. The Balaban J connectivity index is 1.90. The van der Waals surface area contributed by atoms with Crippen LogP contribution < -0.4 is 0 Å². The van der Waals surface area contributed by atoms with Crippen molar-refractivity contribution in [3.8, 4) is 11.8 Å². The van der Waals surface area contributed by atoms with E-state index < -0.39 is 5.41 Å². The van der Waals surface area contributed by atoms with Crippen molar-refractivity contribution in [2.45, 2.75) is 18.3 Å². The summed E-state index contributed by atoms with van der Waals surface area (Å²) in [6, 6.07) is 12.5. The van der Waals surface area contributed by atoms with Crippen LogP contribution in [0.4, 0.5) is 0 Å². The molecule has 0 aliphatic carbocycles. The number of aromatic nitrogens is 1. The van der Waals surface area contributed by atoms with Crippen molar-refractivity contribution in [1.82, 2.24) is 9.88 Å². The van der Waals surface area contributed by atoms with E-state index in [0.29, 0.717) is 35.2 Å². The fourth-order valence-corrected chi connectivity index (χ4v) is 3.59. The minimum Gasteiger partial charge on any atom is -0.508 e. The molecule has 3 rings (SSSR count). The summed E-state index contributed by atoms with van der Waals surface area (Å²) < 4.78 is 0.638. The lowest BCUT2D eigenvalue weighted by atomic mass is 9.78. The Morgan fingerprint density at radius 2 is 2.21 bits per heavy atom. The molecule has 122 valence electrons. The minimum atomic E-state index is -0.788. The number of benzene rings is 1. The van der Waals surface area contributed by atoms with E-state index in [4.69, 9.17) is 0 Å². The fraction of sp³-hybridized carbons (Fsp3) is 0.278. The third-order valence-corrected chi connectivity index (χ3v) is 4.74. The van der Waals surface area contributed by atoms with Gasteiger partial charge in [0.1, 0.15) is 11.2 Å². The van der Waals surface area contributed by atoms with Gasteiger partial charge in [0.2, 0.25) is 0 Å². The SMILES string of the molecule is N#CC1(c2ccccn2)CCCN(C(=O)c2cc(O)cc(Br)c2)C1. The number of hydrogen-bond donors (Lipinski definition) is 1. The second-order valence-electron chi connectivity index (χ2n) is 5.94. The number of hydrogen-bond acceptors (Lipinski definition) is 4. The molecule has 1 unspecified atom stereocenters. The Bertz CT molecular complexity index is 783. The van der Waals surface area contributed by atoms with Crippen molar-refractivity contribution in [1.29, 1.82) is 5.26 Å². The number of nitrogens with zero attached hydrogens (tertiary/aromatic N) is 3. The monoisotopic (exact) mass is 385 g/mol. The maximum absolute atomic E-state index is 12.8. The van der Waals surface area contributed by atoms with Crippen LogP contribution in [0.5, 0.6) is 5.75 Å². The number of phenols is 1. The number of amides is 1. The average molecular weight is 386 g/mol. The van der Waals surface area contributed by atoms with E-state index >= 15 is 0 Å². The van der Waals surface area contributed by atoms with Gasteiger partial charge in [-0.25, -0.2) is 0 Å². The molecule has 0 spiro atoms. The van der Waals surface area contributed by atoms with E-state index in [1.807, 2.05) is 18.2 Å². The zero-order chi connectivity index (χ0) is 17.2. The standard InChI is InChI=1S/C18H16BrN3O2/c19-14-8-13(9-15(23)10-14)17(24)22-7-3-5-18(11-20,12-22)16-4-1-2-6-21-16/h1-2,4,6,8-10,23H,3,5,7,12H2. The van der Waals surface area contributed by atoms with Crippen LogP contribution in [0.3, 0.4) is 0 Å². The number of nitriles is 1. The molecule has 1 aliphatic rings. The Labute approximate surface area is 148 Å². The van der Waals surface area contributed by atoms with Gasteiger partial charge in [0.05, 0.1) is 11.8 Å². The highest BCUT2D eigenvalue weighted by molar-refractivity contribution is 9.10. The summed E-state index contributed by atoms with van der Waals surface area (Å²) in [4.78, 5) is 18.8. The summed E-state index contributed by atoms with van der Waals surface area (Å²) in [7, 11) is 0. The predicted octanol–water partition coefficient (Wildman–Crippen LogP) is 3.25. The maximum Gasteiger partial charge on any atom is 0.254 e. The van der Waals surface area contributed by atoms with Crippen LogP contribution in [0.25, 0.3) is 0 Å². The largest absolute Gasteiger partial charge is 0.508 e. The lowest BCUT2D eigenvalue weighted by Gasteiger charge is -2.38. The van der Waals surface area contributed by atoms with Crippen molar-refractivity contribution in [2.24, 2.45) is 0 Å². The topological polar surface area (TPSA) is 77.2 Å². The van der Waals surface area contributed by atoms with Gasteiger partial charge in [0.25, 0.3) is 5.91 Å². The Hall–Kier alpha value is -2.39. The molecule has 0 bridgehead atoms. The first kappa shape index (κ1) is 16.5. The van der Waals surface area contributed by atoms with Gasteiger partial charge in [-0.05, 0) is 43.2 Å². The molecule has 24 heavy (non-hydrogen) atoms. The molecule has 6 heteroatoms. The Kier molecular flexibility index (Phi) is 4.54. The summed E-state index contributed by atoms with van der Waals surface area (Å²) in [5, 5.41) is 19.5. The lowest BCUT2D eigenvalue weighted by Crippen LogP contribution is -2.48. The Morgan fingerprint density at radius 1 is 1.38 bits per heavy atom. The van der Waals surface area contributed by atoms with Gasteiger partial charge < -0.3 is 10.0 Å².